The van der Waals surface area contributed by atoms with Crippen molar-refractivity contribution in [2.75, 3.05) is 44.2 Å². The molecule has 0 radical (unpaired) electrons. The molecule has 2 N–H and O–H groups in total. The van der Waals surface area contributed by atoms with E-state index in [4.69, 9.17) is 16.6 Å². The summed E-state index contributed by atoms with van der Waals surface area (Å²) in [6.07, 6.45) is 0.907. The Morgan fingerprint density at radius 1 is 1.19 bits per heavy atom. The van der Waals surface area contributed by atoms with Gasteiger partial charge in [0.15, 0.2) is 5.96 Å². The Kier molecular flexibility index (Phi) is 6.63. The van der Waals surface area contributed by atoms with Gasteiger partial charge in [0, 0.05) is 50.6 Å². The van der Waals surface area contributed by atoms with Gasteiger partial charge in [0.1, 0.15) is 5.75 Å². The maximum Gasteiger partial charge on any atom is 0.194 e. The lowest BCUT2D eigenvalue weighted by atomic mass is 10.2. The van der Waals surface area contributed by atoms with Crippen molar-refractivity contribution < 1.29 is 5.11 Å². The maximum absolute atomic E-state index is 10.0. The zero-order chi connectivity index (χ0) is 18.4. The van der Waals surface area contributed by atoms with Crippen molar-refractivity contribution in [3.05, 3.63) is 45.6 Å². The number of thiophene rings is 1. The number of guanidine groups is 1. The van der Waals surface area contributed by atoms with Gasteiger partial charge in [-0.2, -0.15) is 0 Å². The average Bonchev–Trinajstić information content (AvgIpc) is 3.07. The molecule has 0 amide bonds. The Bertz CT molecular complexity index is 741. The highest BCUT2D eigenvalue weighted by Gasteiger charge is 2.21. The first-order valence-corrected chi connectivity index (χ1v) is 10.2. The van der Waals surface area contributed by atoms with Gasteiger partial charge in [-0.25, -0.2) is 0 Å². The van der Waals surface area contributed by atoms with Gasteiger partial charge in [0.25, 0.3) is 0 Å². The average molecular weight is 393 g/mol. The Labute approximate surface area is 163 Å². The molecule has 0 spiro atoms. The number of nitrogens with one attached hydrogen (secondary N) is 1. The third-order valence-electron chi connectivity index (χ3n) is 4.39. The summed E-state index contributed by atoms with van der Waals surface area (Å²) in [6, 6.07) is 11.5. The van der Waals surface area contributed by atoms with Crippen molar-refractivity contribution in [2.45, 2.75) is 13.3 Å². The standard InChI is InChI=1S/C19H25ClN4OS/c1-2-21-19(22-10-9-15-7-8-18(20)26-15)24-13-11-23(12-14-24)16-5-3-4-6-17(16)25/h3-8,25H,2,9-14H2,1H3,(H,21,22). The molecule has 0 bridgehead atoms. The zero-order valence-electron chi connectivity index (χ0n) is 15.0. The number of hydrogen-bond donors (Lipinski definition) is 2. The number of aliphatic imine (C=N–C) groups is 1. The van der Waals surface area contributed by atoms with Gasteiger partial charge in [-0.1, -0.05) is 23.7 Å². The number of phenolic OH excluding ortho intramolecular Hbond substituents is 1. The van der Waals surface area contributed by atoms with Crippen LogP contribution in [0.2, 0.25) is 4.34 Å². The molecule has 1 fully saturated rings. The summed E-state index contributed by atoms with van der Waals surface area (Å²) in [4.78, 5) is 10.6. The second kappa shape index (κ2) is 9.14. The van der Waals surface area contributed by atoms with Gasteiger partial charge >= 0.3 is 0 Å². The van der Waals surface area contributed by atoms with Crippen LogP contribution in [0.3, 0.4) is 0 Å². The van der Waals surface area contributed by atoms with Crippen LogP contribution in [-0.2, 0) is 6.42 Å². The maximum atomic E-state index is 10.0. The minimum atomic E-state index is 0.344. The lowest BCUT2D eigenvalue weighted by Gasteiger charge is -2.37. The van der Waals surface area contributed by atoms with Gasteiger partial charge in [-0.05, 0) is 31.2 Å². The van der Waals surface area contributed by atoms with Crippen LogP contribution < -0.4 is 10.2 Å². The Morgan fingerprint density at radius 3 is 2.62 bits per heavy atom. The van der Waals surface area contributed by atoms with Gasteiger partial charge in [-0.3, -0.25) is 4.99 Å². The molecule has 1 aromatic heterocycles. The molecule has 2 aromatic rings. The summed E-state index contributed by atoms with van der Waals surface area (Å²) in [5.74, 6) is 1.31. The number of aromatic hydroxyl groups is 1. The Morgan fingerprint density at radius 2 is 1.96 bits per heavy atom. The molecule has 0 unspecified atom stereocenters. The number of benzene rings is 1. The van der Waals surface area contributed by atoms with Crippen LogP contribution in [0.1, 0.15) is 11.8 Å². The number of piperazine rings is 1. The third-order valence-corrected chi connectivity index (χ3v) is 5.68. The van der Waals surface area contributed by atoms with E-state index in [0.29, 0.717) is 5.75 Å². The zero-order valence-corrected chi connectivity index (χ0v) is 16.6. The summed E-state index contributed by atoms with van der Waals surface area (Å²) in [5, 5.41) is 13.4. The molecule has 2 heterocycles. The predicted molar refractivity (Wildman–Crippen MR) is 111 cm³/mol. The highest BCUT2D eigenvalue weighted by atomic mass is 35.5. The predicted octanol–water partition coefficient (Wildman–Crippen LogP) is 3.44. The minimum absolute atomic E-state index is 0.344. The molecule has 1 aliphatic heterocycles. The van der Waals surface area contributed by atoms with Crippen LogP contribution in [0.25, 0.3) is 0 Å². The minimum Gasteiger partial charge on any atom is -0.506 e. The van der Waals surface area contributed by atoms with Crippen LogP contribution in [0.15, 0.2) is 41.4 Å². The topological polar surface area (TPSA) is 51.1 Å². The molecule has 1 saturated heterocycles. The van der Waals surface area contributed by atoms with Crippen LogP contribution >= 0.6 is 22.9 Å². The van der Waals surface area contributed by atoms with Gasteiger partial charge in [0.05, 0.1) is 10.0 Å². The Hall–Kier alpha value is -1.92. The molecule has 0 aliphatic carbocycles. The monoisotopic (exact) mass is 392 g/mol. The smallest absolute Gasteiger partial charge is 0.194 e. The van der Waals surface area contributed by atoms with Crippen LogP contribution in [0, 0.1) is 0 Å². The van der Waals surface area contributed by atoms with Crippen molar-refractivity contribution in [3.8, 4) is 5.75 Å². The second-order valence-electron chi connectivity index (χ2n) is 6.15. The van der Waals surface area contributed by atoms with E-state index in [1.165, 1.54) is 4.88 Å². The fraction of sp³-hybridized carbons (Fsp3) is 0.421. The fourth-order valence-corrected chi connectivity index (χ4v) is 4.15. The van der Waals surface area contributed by atoms with Gasteiger partial charge < -0.3 is 20.2 Å². The molecule has 7 heteroatoms. The summed E-state index contributed by atoms with van der Waals surface area (Å²) in [5.41, 5.74) is 0.906. The van der Waals surface area contributed by atoms with Crippen molar-refractivity contribution in [1.82, 2.24) is 10.2 Å². The number of phenols is 1. The largest absolute Gasteiger partial charge is 0.506 e. The molecule has 1 aliphatic rings. The van der Waals surface area contributed by atoms with Crippen molar-refractivity contribution >= 4 is 34.6 Å². The fourth-order valence-electron chi connectivity index (χ4n) is 3.07. The summed E-state index contributed by atoms with van der Waals surface area (Å²) >= 11 is 7.61. The van der Waals surface area contributed by atoms with Gasteiger partial charge in [0.2, 0.25) is 0 Å². The lowest BCUT2D eigenvalue weighted by Crippen LogP contribution is -2.52. The Balaban J connectivity index is 1.57. The van der Waals surface area contributed by atoms with Crippen molar-refractivity contribution in [3.63, 3.8) is 0 Å². The molecule has 0 atom stereocenters. The van der Waals surface area contributed by atoms with E-state index < -0.39 is 0 Å². The number of hydrogen-bond acceptors (Lipinski definition) is 4. The molecule has 1 aromatic carbocycles. The van der Waals surface area contributed by atoms with E-state index >= 15 is 0 Å². The SMILES string of the molecule is CCNC(=NCCc1ccc(Cl)s1)N1CCN(c2ccccc2O)CC1. The van der Waals surface area contributed by atoms with Crippen LogP contribution in [0.4, 0.5) is 5.69 Å². The number of nitrogens with zero attached hydrogens (tertiary/aromatic N) is 3. The van der Waals surface area contributed by atoms with E-state index in [1.54, 1.807) is 17.4 Å². The van der Waals surface area contributed by atoms with Crippen molar-refractivity contribution in [1.29, 1.82) is 0 Å². The first kappa shape index (κ1) is 18.9. The molecule has 0 saturated carbocycles. The lowest BCUT2D eigenvalue weighted by molar-refractivity contribution is 0.370. The van der Waals surface area contributed by atoms with E-state index in [9.17, 15) is 5.11 Å². The number of halogens is 1. The normalized spacial score (nSPS) is 15.4. The van der Waals surface area contributed by atoms with Gasteiger partial charge in [-0.15, -0.1) is 11.3 Å². The molecular weight excluding hydrogens is 368 g/mol. The number of anilines is 1. The first-order chi connectivity index (χ1) is 12.7. The third kappa shape index (κ3) is 4.83. The molecular formula is C19H25ClN4OS. The number of para-hydroxylation sites is 2. The summed E-state index contributed by atoms with van der Waals surface area (Å²) in [7, 11) is 0. The van der Waals surface area contributed by atoms with E-state index in [-0.39, 0.29) is 0 Å². The molecule has 140 valence electrons. The highest BCUT2D eigenvalue weighted by molar-refractivity contribution is 7.16. The van der Waals surface area contributed by atoms with E-state index in [2.05, 4.69) is 28.1 Å². The summed E-state index contributed by atoms with van der Waals surface area (Å²) < 4.78 is 0.830. The van der Waals surface area contributed by atoms with Crippen LogP contribution in [-0.4, -0.2) is 55.2 Å². The van der Waals surface area contributed by atoms with E-state index in [1.807, 2.05) is 24.3 Å². The van der Waals surface area contributed by atoms with E-state index in [0.717, 1.165) is 61.7 Å². The second-order valence-corrected chi connectivity index (χ2v) is 7.95. The molecule has 26 heavy (non-hydrogen) atoms. The first-order valence-electron chi connectivity index (χ1n) is 8.98. The van der Waals surface area contributed by atoms with Crippen LogP contribution in [0.5, 0.6) is 5.75 Å². The number of rotatable bonds is 5. The van der Waals surface area contributed by atoms with Crippen molar-refractivity contribution in [2.24, 2.45) is 4.99 Å². The molecule has 5 nitrogen and oxygen atoms in total. The quantitative estimate of drug-likeness (QED) is 0.604. The summed E-state index contributed by atoms with van der Waals surface area (Å²) in [6.45, 7) is 7.18. The molecule has 3 rings (SSSR count). The highest BCUT2D eigenvalue weighted by Crippen LogP contribution is 2.27.